The van der Waals surface area contributed by atoms with Gasteiger partial charge in [-0.05, 0) is 24.3 Å². The smallest absolute Gasteiger partial charge is 0.411 e. The Balaban J connectivity index is 2.30. The largest absolute Gasteiger partial charge is 0.462 e. The van der Waals surface area contributed by atoms with Gasteiger partial charge in [0.15, 0.2) is 0 Å². The Morgan fingerprint density at radius 1 is 1.19 bits per heavy atom. The van der Waals surface area contributed by atoms with Crippen molar-refractivity contribution in [2.24, 2.45) is 10.9 Å². The van der Waals surface area contributed by atoms with Crippen LogP contribution in [0.25, 0.3) is 0 Å². The molecule has 0 bridgehead atoms. The van der Waals surface area contributed by atoms with Crippen LogP contribution in [0.2, 0.25) is 0 Å². The Kier molecular flexibility index (Phi) is 6.63. The number of ether oxygens (including phenoxy) is 2. The van der Waals surface area contributed by atoms with Crippen LogP contribution in [0.3, 0.4) is 0 Å². The molecule has 21 heavy (non-hydrogen) atoms. The molecule has 0 unspecified atom stereocenters. The fourth-order valence-electron chi connectivity index (χ4n) is 1.27. The zero-order valence-electron chi connectivity index (χ0n) is 11.8. The summed E-state index contributed by atoms with van der Waals surface area (Å²) in [5.41, 5.74) is 0.925. The highest BCUT2D eigenvalue weighted by atomic mass is 16.6. The Labute approximate surface area is 122 Å². The van der Waals surface area contributed by atoms with Crippen molar-refractivity contribution < 1.29 is 23.9 Å². The predicted molar refractivity (Wildman–Crippen MR) is 75.0 cm³/mol. The third kappa shape index (κ3) is 6.35. The average molecular weight is 292 g/mol. The van der Waals surface area contributed by atoms with Crippen molar-refractivity contribution >= 4 is 29.5 Å². The van der Waals surface area contributed by atoms with Crippen molar-refractivity contribution in [1.29, 1.82) is 0 Å². The summed E-state index contributed by atoms with van der Waals surface area (Å²) < 4.78 is 9.69. The molecule has 7 heteroatoms. The molecule has 1 amide bonds. The highest BCUT2D eigenvalue weighted by Gasteiger charge is 2.08. The third-order valence-electron chi connectivity index (χ3n) is 2.32. The number of isocyanates is 1. The van der Waals surface area contributed by atoms with Gasteiger partial charge in [0, 0.05) is 5.69 Å². The number of amides is 1. The van der Waals surface area contributed by atoms with Gasteiger partial charge in [-0.2, -0.15) is 4.99 Å². The number of esters is 1. The van der Waals surface area contributed by atoms with Crippen LogP contribution in [-0.2, 0) is 19.1 Å². The zero-order chi connectivity index (χ0) is 15.7. The molecule has 1 aromatic rings. The van der Waals surface area contributed by atoms with Crippen molar-refractivity contribution in [2.75, 3.05) is 18.5 Å². The highest BCUT2D eigenvalue weighted by Crippen LogP contribution is 2.15. The minimum atomic E-state index is -0.665. The first-order valence-corrected chi connectivity index (χ1v) is 6.31. The van der Waals surface area contributed by atoms with Gasteiger partial charge in [-0.25, -0.2) is 9.59 Å². The van der Waals surface area contributed by atoms with E-state index in [1.165, 1.54) is 6.08 Å². The molecule has 0 spiro atoms. The first-order chi connectivity index (χ1) is 10.0. The van der Waals surface area contributed by atoms with Crippen LogP contribution in [0.1, 0.15) is 13.8 Å². The lowest BCUT2D eigenvalue weighted by molar-refractivity contribution is -0.148. The van der Waals surface area contributed by atoms with Crippen molar-refractivity contribution in [2.45, 2.75) is 13.8 Å². The van der Waals surface area contributed by atoms with Crippen molar-refractivity contribution in [3.63, 3.8) is 0 Å². The molecule has 1 rings (SSSR count). The number of benzene rings is 1. The summed E-state index contributed by atoms with van der Waals surface area (Å²) in [6.07, 6.45) is 0.752. The second kappa shape index (κ2) is 8.50. The molecule has 1 aromatic carbocycles. The summed E-state index contributed by atoms with van der Waals surface area (Å²) >= 11 is 0. The molecule has 1 N–H and O–H groups in total. The molecule has 112 valence electrons. The molecule has 0 heterocycles. The summed E-state index contributed by atoms with van der Waals surface area (Å²) in [5.74, 6) is -0.559. The van der Waals surface area contributed by atoms with E-state index < -0.39 is 6.09 Å². The maximum absolute atomic E-state index is 11.4. The number of nitrogens with one attached hydrogen (secondary N) is 1. The summed E-state index contributed by atoms with van der Waals surface area (Å²) in [6.45, 7) is 3.41. The minimum Gasteiger partial charge on any atom is -0.462 e. The van der Waals surface area contributed by atoms with Crippen molar-refractivity contribution in [3.8, 4) is 0 Å². The number of rotatable bonds is 6. The number of carbonyl (C=O) groups is 2. The third-order valence-corrected chi connectivity index (χ3v) is 2.32. The van der Waals surface area contributed by atoms with Gasteiger partial charge in [0.25, 0.3) is 0 Å². The Morgan fingerprint density at radius 3 is 2.38 bits per heavy atom. The summed E-state index contributed by atoms with van der Waals surface area (Å²) in [5, 5.41) is 2.48. The average Bonchev–Trinajstić information content (AvgIpc) is 2.45. The van der Waals surface area contributed by atoms with E-state index in [2.05, 4.69) is 10.3 Å². The Bertz CT molecular complexity index is 533. The van der Waals surface area contributed by atoms with Crippen LogP contribution in [0.5, 0.6) is 0 Å². The first kappa shape index (κ1) is 16.4. The quantitative estimate of drug-likeness (QED) is 0.376. The summed E-state index contributed by atoms with van der Waals surface area (Å²) in [7, 11) is 0. The molecular formula is C14H16N2O5. The van der Waals surface area contributed by atoms with Crippen LogP contribution >= 0.6 is 0 Å². The topological polar surface area (TPSA) is 94.1 Å². The standard InChI is InChI=1S/C14H16N2O5/c1-10(2)13(18)20-7-8-21-14(19)16-12-5-3-11(4-6-12)15-9-17/h3-6,10H,7-8H2,1-2H3,(H,16,19). The van der Waals surface area contributed by atoms with Gasteiger partial charge < -0.3 is 9.47 Å². The zero-order valence-corrected chi connectivity index (χ0v) is 11.8. The normalized spacial score (nSPS) is 9.67. The number of anilines is 1. The van der Waals surface area contributed by atoms with E-state index in [0.29, 0.717) is 11.4 Å². The SMILES string of the molecule is CC(C)C(=O)OCCOC(=O)Nc1ccc(N=C=O)cc1. The van der Waals surface area contributed by atoms with Gasteiger partial charge in [-0.3, -0.25) is 10.1 Å². The molecule has 0 radical (unpaired) electrons. The molecule has 7 nitrogen and oxygen atoms in total. The van der Waals surface area contributed by atoms with Crippen LogP contribution < -0.4 is 5.32 Å². The fraction of sp³-hybridized carbons (Fsp3) is 0.357. The molecule has 0 fully saturated rings. The van der Waals surface area contributed by atoms with E-state index in [9.17, 15) is 14.4 Å². The number of hydrogen-bond donors (Lipinski definition) is 1. The number of hydrogen-bond acceptors (Lipinski definition) is 6. The summed E-state index contributed by atoms with van der Waals surface area (Å²) in [6, 6.07) is 6.22. The maximum atomic E-state index is 11.4. The van der Waals surface area contributed by atoms with Crippen LogP contribution in [0, 0.1) is 5.92 Å². The Morgan fingerprint density at radius 2 is 1.81 bits per heavy atom. The summed E-state index contributed by atoms with van der Waals surface area (Å²) in [4.78, 5) is 36.1. The van der Waals surface area contributed by atoms with Gasteiger partial charge >= 0.3 is 12.1 Å². The van der Waals surface area contributed by atoms with E-state index >= 15 is 0 Å². The predicted octanol–water partition coefficient (Wildman–Crippen LogP) is 2.40. The van der Waals surface area contributed by atoms with Gasteiger partial charge in [-0.15, -0.1) is 0 Å². The van der Waals surface area contributed by atoms with E-state index in [0.717, 1.165) is 0 Å². The van der Waals surface area contributed by atoms with Gasteiger partial charge in [0.1, 0.15) is 13.2 Å². The van der Waals surface area contributed by atoms with E-state index in [1.807, 2.05) is 0 Å². The van der Waals surface area contributed by atoms with Crippen molar-refractivity contribution in [3.05, 3.63) is 24.3 Å². The lowest BCUT2D eigenvalue weighted by atomic mass is 10.2. The molecule has 0 aliphatic carbocycles. The van der Waals surface area contributed by atoms with Crippen LogP contribution in [0.4, 0.5) is 16.2 Å². The molecule has 0 aromatic heterocycles. The molecule has 0 saturated carbocycles. The van der Waals surface area contributed by atoms with Crippen LogP contribution in [0.15, 0.2) is 29.3 Å². The van der Waals surface area contributed by atoms with Crippen LogP contribution in [-0.4, -0.2) is 31.4 Å². The van der Waals surface area contributed by atoms with E-state index in [-0.39, 0.29) is 25.1 Å². The molecular weight excluding hydrogens is 276 g/mol. The van der Waals surface area contributed by atoms with Gasteiger partial charge in [0.2, 0.25) is 6.08 Å². The van der Waals surface area contributed by atoms with Gasteiger partial charge in [-0.1, -0.05) is 13.8 Å². The number of aliphatic imine (C=N–C) groups is 1. The molecule has 0 atom stereocenters. The molecule has 0 aliphatic rings. The lowest BCUT2D eigenvalue weighted by Crippen LogP contribution is -2.19. The number of carbonyl (C=O) groups excluding carboxylic acids is 3. The lowest BCUT2D eigenvalue weighted by Gasteiger charge is -2.09. The first-order valence-electron chi connectivity index (χ1n) is 6.31. The van der Waals surface area contributed by atoms with E-state index in [4.69, 9.17) is 9.47 Å². The highest BCUT2D eigenvalue weighted by molar-refractivity contribution is 5.84. The number of nitrogens with zero attached hydrogens (tertiary/aromatic N) is 1. The fourth-order valence-corrected chi connectivity index (χ4v) is 1.27. The van der Waals surface area contributed by atoms with Crippen molar-refractivity contribution in [1.82, 2.24) is 0 Å². The van der Waals surface area contributed by atoms with Gasteiger partial charge in [0.05, 0.1) is 11.6 Å². The molecule has 0 aliphatic heterocycles. The second-order valence-electron chi connectivity index (χ2n) is 4.33. The molecule has 0 saturated heterocycles. The Hall–Kier alpha value is -2.66. The second-order valence-corrected chi connectivity index (χ2v) is 4.33. The maximum Gasteiger partial charge on any atom is 0.411 e. The van der Waals surface area contributed by atoms with E-state index in [1.54, 1.807) is 38.1 Å². The monoisotopic (exact) mass is 292 g/mol. The minimum absolute atomic E-state index is 0.0113.